The lowest BCUT2D eigenvalue weighted by Crippen LogP contribution is -2.43. The van der Waals surface area contributed by atoms with E-state index < -0.39 is 0 Å². The van der Waals surface area contributed by atoms with Crippen molar-refractivity contribution in [1.29, 1.82) is 0 Å². The fourth-order valence-corrected chi connectivity index (χ4v) is 3.68. The van der Waals surface area contributed by atoms with E-state index in [4.69, 9.17) is 4.52 Å². The Morgan fingerprint density at radius 2 is 2.17 bits per heavy atom. The number of likely N-dealkylation sites (tertiary alicyclic amines) is 2. The van der Waals surface area contributed by atoms with Gasteiger partial charge in [0, 0.05) is 45.4 Å². The van der Waals surface area contributed by atoms with E-state index in [0.717, 1.165) is 25.9 Å². The van der Waals surface area contributed by atoms with E-state index in [9.17, 15) is 9.59 Å². The molecule has 0 radical (unpaired) electrons. The van der Waals surface area contributed by atoms with Gasteiger partial charge in [-0.15, -0.1) is 0 Å². The van der Waals surface area contributed by atoms with Crippen molar-refractivity contribution in [3.05, 3.63) is 11.7 Å². The molecule has 3 heterocycles. The SMILES string of the molecule is Cc1nc([C@H]2CCCN(C(=O)[C@H]3CC(=O)N(CC(C)C)C3)C2)no1. The maximum atomic E-state index is 12.8. The van der Waals surface area contributed by atoms with Crippen molar-refractivity contribution in [2.45, 2.75) is 46.0 Å². The molecule has 2 aliphatic heterocycles. The predicted molar refractivity (Wildman–Crippen MR) is 87.1 cm³/mol. The average molecular weight is 334 g/mol. The smallest absolute Gasteiger partial charge is 0.228 e. The zero-order chi connectivity index (χ0) is 17.3. The van der Waals surface area contributed by atoms with Crippen molar-refractivity contribution < 1.29 is 14.1 Å². The van der Waals surface area contributed by atoms with Gasteiger partial charge in [0.2, 0.25) is 17.7 Å². The molecular formula is C17H26N4O3. The van der Waals surface area contributed by atoms with Crippen LogP contribution in [-0.2, 0) is 9.59 Å². The van der Waals surface area contributed by atoms with Crippen LogP contribution in [0.5, 0.6) is 0 Å². The van der Waals surface area contributed by atoms with Crippen LogP contribution in [0.25, 0.3) is 0 Å². The fourth-order valence-electron chi connectivity index (χ4n) is 3.68. The van der Waals surface area contributed by atoms with E-state index in [-0.39, 0.29) is 23.7 Å². The van der Waals surface area contributed by atoms with Gasteiger partial charge in [0.25, 0.3) is 0 Å². The number of carbonyl (C=O) groups excluding carboxylic acids is 2. The van der Waals surface area contributed by atoms with Gasteiger partial charge in [0.05, 0.1) is 5.92 Å². The molecule has 2 atom stereocenters. The number of piperidine rings is 1. The summed E-state index contributed by atoms with van der Waals surface area (Å²) in [5.74, 6) is 1.78. The predicted octanol–water partition coefficient (Wildman–Crippen LogP) is 1.59. The lowest BCUT2D eigenvalue weighted by molar-refractivity contribution is -0.137. The second-order valence-corrected chi connectivity index (χ2v) is 7.39. The van der Waals surface area contributed by atoms with Crippen molar-refractivity contribution in [3.63, 3.8) is 0 Å². The van der Waals surface area contributed by atoms with Crippen molar-refractivity contribution in [2.24, 2.45) is 11.8 Å². The molecule has 0 N–H and O–H groups in total. The van der Waals surface area contributed by atoms with Gasteiger partial charge in [0.15, 0.2) is 5.82 Å². The molecular weight excluding hydrogens is 308 g/mol. The summed E-state index contributed by atoms with van der Waals surface area (Å²) in [5, 5.41) is 4.00. The Morgan fingerprint density at radius 1 is 1.38 bits per heavy atom. The largest absolute Gasteiger partial charge is 0.342 e. The molecule has 0 bridgehead atoms. The van der Waals surface area contributed by atoms with Crippen LogP contribution in [0.3, 0.4) is 0 Å². The third-order valence-corrected chi connectivity index (χ3v) is 4.79. The van der Waals surface area contributed by atoms with Crippen LogP contribution in [0.2, 0.25) is 0 Å². The normalized spacial score (nSPS) is 24.9. The molecule has 0 spiro atoms. The van der Waals surface area contributed by atoms with Crippen molar-refractivity contribution in [1.82, 2.24) is 19.9 Å². The van der Waals surface area contributed by atoms with Gasteiger partial charge < -0.3 is 14.3 Å². The fraction of sp³-hybridized carbons (Fsp3) is 0.765. The molecule has 0 saturated carbocycles. The Kier molecular flexibility index (Phi) is 4.87. The third-order valence-electron chi connectivity index (χ3n) is 4.79. The van der Waals surface area contributed by atoms with Crippen molar-refractivity contribution >= 4 is 11.8 Å². The second kappa shape index (κ2) is 6.91. The summed E-state index contributed by atoms with van der Waals surface area (Å²) in [5.41, 5.74) is 0. The van der Waals surface area contributed by atoms with Crippen LogP contribution in [0.15, 0.2) is 4.52 Å². The Hall–Kier alpha value is -1.92. The summed E-state index contributed by atoms with van der Waals surface area (Å²) in [6.07, 6.45) is 2.24. The van der Waals surface area contributed by atoms with Crippen molar-refractivity contribution in [2.75, 3.05) is 26.2 Å². The minimum absolute atomic E-state index is 0.0968. The first-order valence-electron chi connectivity index (χ1n) is 8.80. The Bertz CT molecular complexity index is 613. The highest BCUT2D eigenvalue weighted by molar-refractivity contribution is 5.89. The van der Waals surface area contributed by atoms with Gasteiger partial charge in [-0.3, -0.25) is 9.59 Å². The standard InChI is InChI=1S/C17H26N4O3/c1-11(2)8-21-10-14(7-15(21)22)17(23)20-6-4-5-13(9-20)16-18-12(3)24-19-16/h11,13-14H,4-10H2,1-3H3/t13-,14-/m0/s1. The summed E-state index contributed by atoms with van der Waals surface area (Å²) in [6.45, 7) is 8.60. The molecule has 0 aromatic carbocycles. The zero-order valence-electron chi connectivity index (χ0n) is 14.7. The monoisotopic (exact) mass is 334 g/mol. The summed E-state index contributed by atoms with van der Waals surface area (Å²) in [4.78, 5) is 33.0. The number of hydrogen-bond donors (Lipinski definition) is 0. The summed E-state index contributed by atoms with van der Waals surface area (Å²) in [6, 6.07) is 0. The van der Waals surface area contributed by atoms with E-state index in [1.807, 2.05) is 9.80 Å². The van der Waals surface area contributed by atoms with Gasteiger partial charge in [-0.2, -0.15) is 4.98 Å². The number of carbonyl (C=O) groups is 2. The molecule has 7 nitrogen and oxygen atoms in total. The van der Waals surface area contributed by atoms with Crippen molar-refractivity contribution in [3.8, 4) is 0 Å². The molecule has 2 amide bonds. The highest BCUT2D eigenvalue weighted by Crippen LogP contribution is 2.28. The quantitative estimate of drug-likeness (QED) is 0.835. The van der Waals surface area contributed by atoms with Gasteiger partial charge in [-0.1, -0.05) is 19.0 Å². The highest BCUT2D eigenvalue weighted by atomic mass is 16.5. The molecule has 2 aliphatic rings. The second-order valence-electron chi connectivity index (χ2n) is 7.39. The van der Waals surface area contributed by atoms with E-state index >= 15 is 0 Å². The van der Waals surface area contributed by atoms with E-state index in [1.54, 1.807) is 6.92 Å². The van der Waals surface area contributed by atoms with Crippen LogP contribution in [0.1, 0.15) is 50.7 Å². The lowest BCUT2D eigenvalue weighted by atomic mass is 9.95. The maximum absolute atomic E-state index is 12.8. The molecule has 3 rings (SSSR count). The topological polar surface area (TPSA) is 79.5 Å². The first kappa shape index (κ1) is 16.9. The summed E-state index contributed by atoms with van der Waals surface area (Å²) in [7, 11) is 0. The summed E-state index contributed by atoms with van der Waals surface area (Å²) >= 11 is 0. The maximum Gasteiger partial charge on any atom is 0.228 e. The number of amides is 2. The number of rotatable bonds is 4. The minimum atomic E-state index is -0.206. The van der Waals surface area contributed by atoms with E-state index in [2.05, 4.69) is 24.0 Å². The molecule has 1 aromatic rings. The van der Waals surface area contributed by atoms with Crippen LogP contribution >= 0.6 is 0 Å². The number of nitrogens with zero attached hydrogens (tertiary/aromatic N) is 4. The first-order valence-corrected chi connectivity index (χ1v) is 8.80. The number of aromatic nitrogens is 2. The van der Waals surface area contributed by atoms with Crippen LogP contribution in [-0.4, -0.2) is 57.9 Å². The first-order chi connectivity index (χ1) is 11.4. The van der Waals surface area contributed by atoms with Crippen LogP contribution < -0.4 is 0 Å². The van der Waals surface area contributed by atoms with E-state index in [0.29, 0.717) is 37.1 Å². The number of hydrogen-bond acceptors (Lipinski definition) is 5. The molecule has 7 heteroatoms. The summed E-state index contributed by atoms with van der Waals surface area (Å²) < 4.78 is 5.06. The van der Waals surface area contributed by atoms with Crippen LogP contribution in [0, 0.1) is 18.8 Å². The van der Waals surface area contributed by atoms with Gasteiger partial charge in [-0.05, 0) is 18.8 Å². The molecule has 0 aliphatic carbocycles. The van der Waals surface area contributed by atoms with E-state index in [1.165, 1.54) is 0 Å². The number of aryl methyl sites for hydroxylation is 1. The highest BCUT2D eigenvalue weighted by Gasteiger charge is 2.38. The lowest BCUT2D eigenvalue weighted by Gasteiger charge is -2.33. The van der Waals surface area contributed by atoms with Crippen LogP contribution in [0.4, 0.5) is 0 Å². The minimum Gasteiger partial charge on any atom is -0.342 e. The van der Waals surface area contributed by atoms with Gasteiger partial charge in [-0.25, -0.2) is 0 Å². The molecule has 0 unspecified atom stereocenters. The van der Waals surface area contributed by atoms with Gasteiger partial charge in [0.1, 0.15) is 0 Å². The molecule has 2 fully saturated rings. The Labute approximate surface area is 142 Å². The molecule has 1 aromatic heterocycles. The zero-order valence-corrected chi connectivity index (χ0v) is 14.7. The Balaban J connectivity index is 1.61. The third kappa shape index (κ3) is 3.60. The molecule has 2 saturated heterocycles. The Morgan fingerprint density at radius 3 is 2.83 bits per heavy atom. The average Bonchev–Trinajstić information content (AvgIpc) is 3.13. The molecule has 132 valence electrons. The van der Waals surface area contributed by atoms with Gasteiger partial charge >= 0.3 is 0 Å². The molecule has 24 heavy (non-hydrogen) atoms.